The van der Waals surface area contributed by atoms with E-state index in [2.05, 4.69) is 15.4 Å². The number of amides is 1. The Labute approximate surface area is 182 Å². The smallest absolute Gasteiger partial charge is 0.325 e. The minimum atomic E-state index is -0.756. The van der Waals surface area contributed by atoms with E-state index < -0.39 is 36.3 Å². The molecule has 0 bridgehead atoms. The van der Waals surface area contributed by atoms with E-state index in [-0.39, 0.29) is 24.6 Å². The van der Waals surface area contributed by atoms with Gasteiger partial charge < -0.3 is 29.0 Å². The van der Waals surface area contributed by atoms with Crippen molar-refractivity contribution in [2.75, 3.05) is 20.8 Å². The molecule has 2 heterocycles. The van der Waals surface area contributed by atoms with Gasteiger partial charge in [-0.15, -0.1) is 0 Å². The fourth-order valence-corrected chi connectivity index (χ4v) is 4.00. The Hall–Kier alpha value is -2.04. The highest BCUT2D eigenvalue weighted by molar-refractivity contribution is 5.85. The van der Waals surface area contributed by atoms with Crippen LogP contribution in [-0.4, -0.2) is 69.1 Å². The molecule has 1 aromatic carbocycles. The first-order chi connectivity index (χ1) is 14.7. The van der Waals surface area contributed by atoms with Crippen molar-refractivity contribution in [3.8, 4) is 0 Å². The van der Waals surface area contributed by atoms with Crippen LogP contribution in [0.3, 0.4) is 0 Å². The summed E-state index contributed by atoms with van der Waals surface area (Å²) in [6.07, 6.45) is -1.45. The molecule has 1 amide bonds. The van der Waals surface area contributed by atoms with Gasteiger partial charge in [0.1, 0.15) is 18.8 Å². The third kappa shape index (κ3) is 5.81. The van der Waals surface area contributed by atoms with E-state index in [1.807, 2.05) is 51.1 Å². The van der Waals surface area contributed by atoms with Gasteiger partial charge in [-0.3, -0.25) is 14.9 Å². The summed E-state index contributed by atoms with van der Waals surface area (Å²) in [5, 5.41) is 5.97. The topological polar surface area (TPSA) is 104 Å². The molecule has 3 rings (SSSR count). The van der Waals surface area contributed by atoms with Crippen LogP contribution in [0.4, 0.5) is 0 Å². The zero-order chi connectivity index (χ0) is 22.6. The van der Waals surface area contributed by atoms with Crippen LogP contribution in [0.25, 0.3) is 0 Å². The standard InChI is InChI=1S/C22H32N2O7/c1-13(14-9-7-6-8-10-14)24-15(20(26)23-12-17(25)27-4)11-16-18(28-5)19-21(29-16)31-22(2,3)30-19/h6-10,13,15-16,18-19,21,24H,11-12H2,1-5H3,(H,23,26)/t13-,15-,16+,18-,19+,21+/m0/s1. The maximum atomic E-state index is 12.9. The largest absolute Gasteiger partial charge is 0.468 e. The predicted molar refractivity (Wildman–Crippen MR) is 111 cm³/mol. The minimum absolute atomic E-state index is 0.108. The molecule has 0 unspecified atom stereocenters. The number of hydrogen-bond donors (Lipinski definition) is 2. The van der Waals surface area contributed by atoms with E-state index >= 15 is 0 Å². The van der Waals surface area contributed by atoms with Crippen molar-refractivity contribution < 1.29 is 33.3 Å². The Balaban J connectivity index is 1.71. The van der Waals surface area contributed by atoms with Crippen LogP contribution in [-0.2, 0) is 33.3 Å². The molecule has 0 aromatic heterocycles. The molecule has 6 atom stereocenters. The van der Waals surface area contributed by atoms with E-state index in [0.29, 0.717) is 6.42 Å². The van der Waals surface area contributed by atoms with Gasteiger partial charge >= 0.3 is 5.97 Å². The Morgan fingerprint density at radius 2 is 1.87 bits per heavy atom. The third-order valence-electron chi connectivity index (χ3n) is 5.53. The molecule has 2 N–H and O–H groups in total. The molecular formula is C22H32N2O7. The zero-order valence-electron chi connectivity index (χ0n) is 18.6. The van der Waals surface area contributed by atoms with Gasteiger partial charge in [-0.05, 0) is 26.3 Å². The van der Waals surface area contributed by atoms with E-state index in [9.17, 15) is 9.59 Å². The summed E-state index contributed by atoms with van der Waals surface area (Å²) in [7, 11) is 2.86. The molecule has 172 valence electrons. The van der Waals surface area contributed by atoms with Crippen LogP contribution in [0, 0.1) is 0 Å². The number of rotatable bonds is 9. The predicted octanol–water partition coefficient (Wildman–Crippen LogP) is 1.28. The molecule has 1 aromatic rings. The van der Waals surface area contributed by atoms with Crippen LogP contribution in [0.5, 0.6) is 0 Å². The SMILES string of the molecule is COC(=O)CNC(=O)[C@H](C[C@H]1O[C@@H]2OC(C)(C)O[C@@H]2[C@H]1OC)N[C@@H](C)c1ccccc1. The first kappa shape index (κ1) is 23.6. The molecule has 2 fully saturated rings. The Bertz CT molecular complexity index is 757. The van der Waals surface area contributed by atoms with E-state index in [1.165, 1.54) is 7.11 Å². The average molecular weight is 437 g/mol. The van der Waals surface area contributed by atoms with Gasteiger partial charge in [-0.25, -0.2) is 0 Å². The highest BCUT2D eigenvalue weighted by Crippen LogP contribution is 2.39. The lowest BCUT2D eigenvalue weighted by molar-refractivity contribution is -0.217. The fraction of sp³-hybridized carbons (Fsp3) is 0.636. The van der Waals surface area contributed by atoms with E-state index in [4.69, 9.17) is 18.9 Å². The second kappa shape index (κ2) is 10.1. The van der Waals surface area contributed by atoms with Crippen molar-refractivity contribution in [3.05, 3.63) is 35.9 Å². The van der Waals surface area contributed by atoms with Crippen LogP contribution in [0.1, 0.15) is 38.8 Å². The van der Waals surface area contributed by atoms with Crippen molar-refractivity contribution in [2.45, 2.75) is 69.7 Å². The van der Waals surface area contributed by atoms with Gasteiger partial charge in [0.05, 0.1) is 19.3 Å². The van der Waals surface area contributed by atoms with Crippen molar-refractivity contribution in [3.63, 3.8) is 0 Å². The molecule has 0 radical (unpaired) electrons. The maximum absolute atomic E-state index is 12.9. The summed E-state index contributed by atoms with van der Waals surface area (Å²) in [6, 6.07) is 9.04. The zero-order valence-corrected chi connectivity index (χ0v) is 18.6. The molecule has 2 aliphatic rings. The van der Waals surface area contributed by atoms with Gasteiger partial charge in [0.25, 0.3) is 0 Å². The van der Waals surface area contributed by atoms with Crippen LogP contribution in [0.2, 0.25) is 0 Å². The lowest BCUT2D eigenvalue weighted by Crippen LogP contribution is -2.49. The quantitative estimate of drug-likeness (QED) is 0.558. The summed E-state index contributed by atoms with van der Waals surface area (Å²) >= 11 is 0. The lowest BCUT2D eigenvalue weighted by atomic mass is 10.00. The first-order valence-corrected chi connectivity index (χ1v) is 10.4. The number of hydrogen-bond acceptors (Lipinski definition) is 8. The molecule has 2 aliphatic heterocycles. The Morgan fingerprint density at radius 3 is 2.52 bits per heavy atom. The van der Waals surface area contributed by atoms with Crippen molar-refractivity contribution >= 4 is 11.9 Å². The fourth-order valence-electron chi connectivity index (χ4n) is 4.00. The molecule has 2 saturated heterocycles. The Morgan fingerprint density at radius 1 is 1.16 bits per heavy atom. The number of carbonyl (C=O) groups is 2. The summed E-state index contributed by atoms with van der Waals surface area (Å²) in [4.78, 5) is 24.4. The molecular weight excluding hydrogens is 404 g/mol. The monoisotopic (exact) mass is 436 g/mol. The van der Waals surface area contributed by atoms with E-state index in [0.717, 1.165) is 5.56 Å². The first-order valence-electron chi connectivity index (χ1n) is 10.4. The van der Waals surface area contributed by atoms with Gasteiger partial charge in [0, 0.05) is 19.6 Å². The highest BCUT2D eigenvalue weighted by Gasteiger charge is 2.55. The van der Waals surface area contributed by atoms with Crippen LogP contribution in [0.15, 0.2) is 30.3 Å². The third-order valence-corrected chi connectivity index (χ3v) is 5.53. The molecule has 0 aliphatic carbocycles. The maximum Gasteiger partial charge on any atom is 0.325 e. The molecule has 0 saturated carbocycles. The number of nitrogens with one attached hydrogen (secondary N) is 2. The number of benzene rings is 1. The molecule has 0 spiro atoms. The van der Waals surface area contributed by atoms with Crippen molar-refractivity contribution in [1.29, 1.82) is 0 Å². The number of carbonyl (C=O) groups excluding carboxylic acids is 2. The Kier molecular flexibility index (Phi) is 7.66. The highest BCUT2D eigenvalue weighted by atomic mass is 16.8. The van der Waals surface area contributed by atoms with Crippen molar-refractivity contribution in [1.82, 2.24) is 10.6 Å². The average Bonchev–Trinajstić information content (AvgIpc) is 3.21. The van der Waals surface area contributed by atoms with Crippen LogP contribution >= 0.6 is 0 Å². The summed E-state index contributed by atoms with van der Waals surface area (Å²) in [5.41, 5.74) is 1.04. The summed E-state index contributed by atoms with van der Waals surface area (Å²) in [6.45, 7) is 5.41. The number of fused-ring (bicyclic) bond motifs is 1. The van der Waals surface area contributed by atoms with Gasteiger partial charge in [0.15, 0.2) is 12.1 Å². The molecule has 31 heavy (non-hydrogen) atoms. The van der Waals surface area contributed by atoms with Crippen LogP contribution < -0.4 is 10.6 Å². The van der Waals surface area contributed by atoms with E-state index in [1.54, 1.807) is 7.11 Å². The minimum Gasteiger partial charge on any atom is -0.468 e. The second-order valence-corrected chi connectivity index (χ2v) is 8.22. The normalized spacial score (nSPS) is 28.5. The second-order valence-electron chi connectivity index (χ2n) is 8.22. The summed E-state index contributed by atoms with van der Waals surface area (Å²) in [5.74, 6) is -1.60. The van der Waals surface area contributed by atoms with Crippen molar-refractivity contribution in [2.24, 2.45) is 0 Å². The van der Waals surface area contributed by atoms with Gasteiger partial charge in [0.2, 0.25) is 5.91 Å². The molecule has 9 nitrogen and oxygen atoms in total. The molecule has 9 heteroatoms. The number of esters is 1. The summed E-state index contributed by atoms with van der Waals surface area (Å²) < 4.78 is 28.1. The lowest BCUT2D eigenvalue weighted by Gasteiger charge is -2.29. The number of methoxy groups -OCH3 is 2. The van der Waals surface area contributed by atoms with Gasteiger partial charge in [-0.2, -0.15) is 0 Å². The number of ether oxygens (including phenoxy) is 5. The van der Waals surface area contributed by atoms with Gasteiger partial charge in [-0.1, -0.05) is 30.3 Å².